The number of Topliss-reactive ketones (excluding diaryl/α,β-unsaturated/α-hetero) is 1. The first kappa shape index (κ1) is 11.0. The van der Waals surface area contributed by atoms with E-state index in [1.165, 1.54) is 0 Å². The highest BCUT2D eigenvalue weighted by atomic mass is 35.5. The predicted octanol–water partition coefficient (Wildman–Crippen LogP) is 2.65. The third-order valence-electron chi connectivity index (χ3n) is 2.22. The molecule has 0 aliphatic carbocycles. The molecule has 0 unspecified atom stereocenters. The highest BCUT2D eigenvalue weighted by Gasteiger charge is 2.20. The SMILES string of the molecule is O=C(CSC1COC1)c1ccc(Cl)cc1. The molecule has 2 nitrogen and oxygen atoms in total. The molecule has 0 amide bonds. The van der Waals surface area contributed by atoms with E-state index >= 15 is 0 Å². The van der Waals surface area contributed by atoms with Crippen molar-refractivity contribution in [1.29, 1.82) is 0 Å². The molecule has 15 heavy (non-hydrogen) atoms. The number of hydrogen-bond donors (Lipinski definition) is 0. The third-order valence-corrected chi connectivity index (χ3v) is 3.65. The number of rotatable bonds is 4. The Hall–Kier alpha value is -0.510. The van der Waals surface area contributed by atoms with Crippen LogP contribution in [-0.4, -0.2) is 30.0 Å². The highest BCUT2D eigenvalue weighted by Crippen LogP contribution is 2.20. The molecule has 1 aromatic rings. The van der Waals surface area contributed by atoms with E-state index in [9.17, 15) is 4.79 Å². The van der Waals surface area contributed by atoms with Crippen LogP contribution in [0.2, 0.25) is 5.02 Å². The summed E-state index contributed by atoms with van der Waals surface area (Å²) in [6, 6.07) is 7.02. The fourth-order valence-electron chi connectivity index (χ4n) is 1.22. The molecule has 1 heterocycles. The summed E-state index contributed by atoms with van der Waals surface area (Å²) in [6.45, 7) is 1.55. The largest absolute Gasteiger partial charge is 0.379 e. The van der Waals surface area contributed by atoms with E-state index in [1.54, 1.807) is 36.0 Å². The average molecular weight is 243 g/mol. The molecular weight excluding hydrogens is 232 g/mol. The van der Waals surface area contributed by atoms with E-state index in [4.69, 9.17) is 16.3 Å². The summed E-state index contributed by atoms with van der Waals surface area (Å²) in [6.07, 6.45) is 0. The molecule has 4 heteroatoms. The number of benzene rings is 1. The monoisotopic (exact) mass is 242 g/mol. The van der Waals surface area contributed by atoms with Crippen molar-refractivity contribution in [2.75, 3.05) is 19.0 Å². The van der Waals surface area contributed by atoms with Crippen LogP contribution < -0.4 is 0 Å². The van der Waals surface area contributed by atoms with E-state index in [0.29, 0.717) is 16.0 Å². The molecule has 0 aromatic heterocycles. The Morgan fingerprint density at radius 1 is 1.40 bits per heavy atom. The Balaban J connectivity index is 1.86. The number of carbonyl (C=O) groups excluding carboxylic acids is 1. The minimum atomic E-state index is 0.156. The minimum absolute atomic E-state index is 0.156. The smallest absolute Gasteiger partial charge is 0.172 e. The average Bonchev–Trinajstić information content (AvgIpc) is 2.16. The fraction of sp³-hybridized carbons (Fsp3) is 0.364. The Morgan fingerprint density at radius 3 is 2.60 bits per heavy atom. The Bertz CT molecular complexity index is 346. The van der Waals surface area contributed by atoms with Crippen LogP contribution in [0, 0.1) is 0 Å². The van der Waals surface area contributed by atoms with Gasteiger partial charge in [-0.3, -0.25) is 4.79 Å². The van der Waals surface area contributed by atoms with Gasteiger partial charge in [0, 0.05) is 10.6 Å². The van der Waals surface area contributed by atoms with Gasteiger partial charge in [-0.15, -0.1) is 11.8 Å². The molecule has 0 spiro atoms. The van der Waals surface area contributed by atoms with Crippen LogP contribution in [0.5, 0.6) is 0 Å². The van der Waals surface area contributed by atoms with E-state index < -0.39 is 0 Å². The van der Waals surface area contributed by atoms with Gasteiger partial charge in [-0.05, 0) is 24.3 Å². The summed E-state index contributed by atoms with van der Waals surface area (Å²) >= 11 is 7.41. The van der Waals surface area contributed by atoms with Crippen LogP contribution in [-0.2, 0) is 4.74 Å². The van der Waals surface area contributed by atoms with E-state index in [0.717, 1.165) is 18.8 Å². The lowest BCUT2D eigenvalue weighted by Gasteiger charge is -2.24. The van der Waals surface area contributed by atoms with E-state index in [1.807, 2.05) is 0 Å². The van der Waals surface area contributed by atoms with Crippen molar-refractivity contribution < 1.29 is 9.53 Å². The van der Waals surface area contributed by atoms with Crippen LogP contribution in [0.4, 0.5) is 0 Å². The Morgan fingerprint density at radius 2 is 2.07 bits per heavy atom. The first-order valence-corrected chi connectivity index (χ1v) is 6.16. The molecule has 0 atom stereocenters. The summed E-state index contributed by atoms with van der Waals surface area (Å²) in [4.78, 5) is 11.7. The van der Waals surface area contributed by atoms with Crippen molar-refractivity contribution in [3.8, 4) is 0 Å². The van der Waals surface area contributed by atoms with Crippen molar-refractivity contribution in [3.05, 3.63) is 34.9 Å². The number of ether oxygens (including phenoxy) is 1. The van der Waals surface area contributed by atoms with Crippen LogP contribution in [0.1, 0.15) is 10.4 Å². The fourth-order valence-corrected chi connectivity index (χ4v) is 2.29. The summed E-state index contributed by atoms with van der Waals surface area (Å²) in [5.41, 5.74) is 0.729. The second kappa shape index (κ2) is 5.01. The molecule has 0 N–H and O–H groups in total. The van der Waals surface area contributed by atoms with Crippen LogP contribution in [0.3, 0.4) is 0 Å². The van der Waals surface area contributed by atoms with Crippen molar-refractivity contribution in [2.45, 2.75) is 5.25 Å². The van der Waals surface area contributed by atoms with Crippen LogP contribution in [0.25, 0.3) is 0 Å². The molecule has 1 fully saturated rings. The second-order valence-corrected chi connectivity index (χ2v) is 5.13. The normalized spacial score (nSPS) is 16.1. The minimum Gasteiger partial charge on any atom is -0.379 e. The molecule has 0 bridgehead atoms. The highest BCUT2D eigenvalue weighted by molar-refractivity contribution is 8.00. The van der Waals surface area contributed by atoms with Gasteiger partial charge in [0.2, 0.25) is 0 Å². The number of carbonyl (C=O) groups is 1. The van der Waals surface area contributed by atoms with Gasteiger partial charge in [0.25, 0.3) is 0 Å². The lowest BCUT2D eigenvalue weighted by Crippen LogP contribution is -2.31. The third kappa shape index (κ3) is 2.97. The zero-order chi connectivity index (χ0) is 10.7. The standard InChI is InChI=1S/C11H11ClO2S/c12-9-3-1-8(2-4-9)11(13)7-15-10-5-14-6-10/h1-4,10H,5-7H2. The first-order valence-electron chi connectivity index (χ1n) is 4.74. The second-order valence-electron chi connectivity index (χ2n) is 3.40. The zero-order valence-corrected chi connectivity index (χ0v) is 9.68. The maximum atomic E-state index is 11.7. The van der Waals surface area contributed by atoms with Crippen molar-refractivity contribution in [1.82, 2.24) is 0 Å². The Kier molecular flexibility index (Phi) is 3.67. The molecule has 1 aliphatic rings. The molecule has 2 rings (SSSR count). The van der Waals surface area contributed by atoms with Crippen molar-refractivity contribution >= 4 is 29.1 Å². The number of hydrogen-bond acceptors (Lipinski definition) is 3. The summed E-state index contributed by atoms with van der Waals surface area (Å²) in [5, 5.41) is 1.16. The maximum Gasteiger partial charge on any atom is 0.172 e. The number of ketones is 1. The summed E-state index contributed by atoms with van der Waals surface area (Å²) in [5.74, 6) is 0.680. The summed E-state index contributed by atoms with van der Waals surface area (Å²) in [7, 11) is 0. The van der Waals surface area contributed by atoms with Gasteiger partial charge in [0.15, 0.2) is 5.78 Å². The first-order chi connectivity index (χ1) is 7.25. The van der Waals surface area contributed by atoms with Crippen LogP contribution >= 0.6 is 23.4 Å². The van der Waals surface area contributed by atoms with Gasteiger partial charge in [-0.25, -0.2) is 0 Å². The maximum absolute atomic E-state index is 11.7. The van der Waals surface area contributed by atoms with Gasteiger partial charge < -0.3 is 4.74 Å². The topological polar surface area (TPSA) is 26.3 Å². The Labute approximate surface area is 98.0 Å². The molecular formula is C11H11ClO2S. The van der Waals surface area contributed by atoms with E-state index in [2.05, 4.69) is 0 Å². The molecule has 1 saturated heterocycles. The molecule has 1 aliphatic heterocycles. The van der Waals surface area contributed by atoms with Gasteiger partial charge in [-0.2, -0.15) is 0 Å². The van der Waals surface area contributed by atoms with Gasteiger partial charge >= 0.3 is 0 Å². The van der Waals surface area contributed by atoms with Crippen molar-refractivity contribution in [3.63, 3.8) is 0 Å². The molecule has 80 valence electrons. The quantitative estimate of drug-likeness (QED) is 0.760. The predicted molar refractivity (Wildman–Crippen MR) is 62.8 cm³/mol. The van der Waals surface area contributed by atoms with Gasteiger partial charge in [0.1, 0.15) is 0 Å². The molecule has 1 aromatic carbocycles. The summed E-state index contributed by atoms with van der Waals surface area (Å²) < 4.78 is 5.04. The molecule has 0 saturated carbocycles. The lowest BCUT2D eigenvalue weighted by atomic mass is 10.1. The van der Waals surface area contributed by atoms with Gasteiger partial charge in [0.05, 0.1) is 24.2 Å². The number of halogens is 1. The lowest BCUT2D eigenvalue weighted by molar-refractivity contribution is 0.0455. The molecule has 0 radical (unpaired) electrons. The van der Waals surface area contributed by atoms with E-state index in [-0.39, 0.29) is 5.78 Å². The van der Waals surface area contributed by atoms with Crippen LogP contribution in [0.15, 0.2) is 24.3 Å². The zero-order valence-electron chi connectivity index (χ0n) is 8.11. The van der Waals surface area contributed by atoms with Crippen molar-refractivity contribution in [2.24, 2.45) is 0 Å². The van der Waals surface area contributed by atoms with Gasteiger partial charge in [-0.1, -0.05) is 11.6 Å². The number of thioether (sulfide) groups is 1.